The van der Waals surface area contributed by atoms with Crippen molar-refractivity contribution in [2.75, 3.05) is 13.1 Å². The molecule has 4 aromatic rings. The van der Waals surface area contributed by atoms with E-state index in [0.717, 1.165) is 55.1 Å². The zero-order valence-corrected chi connectivity index (χ0v) is 15.5. The van der Waals surface area contributed by atoms with Gasteiger partial charge in [-0.2, -0.15) is 4.98 Å². The molecule has 1 fully saturated rings. The first-order valence-electron chi connectivity index (χ1n) is 9.66. The summed E-state index contributed by atoms with van der Waals surface area (Å²) in [5, 5.41) is 5.33. The van der Waals surface area contributed by atoms with Gasteiger partial charge in [-0.15, -0.1) is 0 Å². The quantitative estimate of drug-likeness (QED) is 0.539. The fraction of sp³-hybridized carbons (Fsp3) is 0.273. The van der Waals surface area contributed by atoms with Crippen LogP contribution < -0.4 is 0 Å². The predicted molar refractivity (Wildman–Crippen MR) is 107 cm³/mol. The summed E-state index contributed by atoms with van der Waals surface area (Å²) in [6, 6.07) is 16.3. The standard InChI is InChI=1S/C22H21N5O/c1-2-8-20-16(5-1)9-10-19(24-20)15-27-12-4-7-18(14-27)22-25-21(26-28-22)17-6-3-11-23-13-17/h1-3,5-6,8-11,13,18H,4,7,12,14-15H2/t18-/m1/s1. The average molecular weight is 371 g/mol. The van der Waals surface area contributed by atoms with Gasteiger partial charge in [0.15, 0.2) is 0 Å². The lowest BCUT2D eigenvalue weighted by molar-refractivity contribution is 0.178. The third kappa shape index (κ3) is 3.51. The van der Waals surface area contributed by atoms with Gasteiger partial charge in [-0.05, 0) is 43.7 Å². The molecule has 5 rings (SSSR count). The van der Waals surface area contributed by atoms with Gasteiger partial charge in [-0.1, -0.05) is 29.4 Å². The summed E-state index contributed by atoms with van der Waals surface area (Å²) in [5.74, 6) is 1.58. The van der Waals surface area contributed by atoms with Crippen LogP contribution in [0.3, 0.4) is 0 Å². The molecule has 1 saturated heterocycles. The van der Waals surface area contributed by atoms with Crippen molar-refractivity contribution in [3.8, 4) is 11.4 Å². The summed E-state index contributed by atoms with van der Waals surface area (Å²) in [4.78, 5) is 16.0. The maximum atomic E-state index is 5.58. The molecule has 0 N–H and O–H groups in total. The van der Waals surface area contributed by atoms with E-state index in [1.54, 1.807) is 12.4 Å². The number of para-hydroxylation sites is 1. The van der Waals surface area contributed by atoms with Gasteiger partial charge in [0.25, 0.3) is 0 Å². The van der Waals surface area contributed by atoms with Gasteiger partial charge in [0.05, 0.1) is 17.1 Å². The number of nitrogens with zero attached hydrogens (tertiary/aromatic N) is 5. The number of pyridine rings is 2. The molecule has 0 unspecified atom stereocenters. The van der Waals surface area contributed by atoms with E-state index in [1.165, 1.54) is 5.39 Å². The number of fused-ring (bicyclic) bond motifs is 1. The van der Waals surface area contributed by atoms with Gasteiger partial charge in [0.1, 0.15) is 0 Å². The number of rotatable bonds is 4. The Hall–Kier alpha value is -3.12. The van der Waals surface area contributed by atoms with Crippen LogP contribution >= 0.6 is 0 Å². The average Bonchev–Trinajstić information content (AvgIpc) is 3.25. The smallest absolute Gasteiger partial charge is 0.231 e. The molecule has 0 aliphatic carbocycles. The highest BCUT2D eigenvalue weighted by Gasteiger charge is 2.26. The summed E-state index contributed by atoms with van der Waals surface area (Å²) in [7, 11) is 0. The minimum atomic E-state index is 0.257. The Morgan fingerprint density at radius 2 is 2.00 bits per heavy atom. The molecule has 0 radical (unpaired) electrons. The fourth-order valence-corrected chi connectivity index (χ4v) is 3.84. The highest BCUT2D eigenvalue weighted by molar-refractivity contribution is 5.78. The van der Waals surface area contributed by atoms with Crippen LogP contribution in [0.1, 0.15) is 30.3 Å². The zero-order chi connectivity index (χ0) is 18.8. The maximum Gasteiger partial charge on any atom is 0.231 e. The molecule has 4 heterocycles. The Balaban J connectivity index is 1.30. The van der Waals surface area contributed by atoms with Crippen LogP contribution in [0.2, 0.25) is 0 Å². The summed E-state index contributed by atoms with van der Waals surface area (Å²) >= 11 is 0. The van der Waals surface area contributed by atoms with Crippen LogP contribution in [0.5, 0.6) is 0 Å². The molecule has 28 heavy (non-hydrogen) atoms. The SMILES string of the molecule is c1cncc(-c2noc([C@@H]3CCCN(Cc4ccc5ccccc5n4)C3)n2)c1. The van der Waals surface area contributed by atoms with Gasteiger partial charge in [0, 0.05) is 36.4 Å². The predicted octanol–water partition coefficient (Wildman–Crippen LogP) is 4.06. The lowest BCUT2D eigenvalue weighted by atomic mass is 9.98. The maximum absolute atomic E-state index is 5.58. The van der Waals surface area contributed by atoms with Crippen molar-refractivity contribution in [2.45, 2.75) is 25.3 Å². The minimum absolute atomic E-state index is 0.257. The number of hydrogen-bond donors (Lipinski definition) is 0. The van der Waals surface area contributed by atoms with E-state index in [1.807, 2.05) is 24.3 Å². The van der Waals surface area contributed by atoms with Crippen molar-refractivity contribution in [3.63, 3.8) is 0 Å². The van der Waals surface area contributed by atoms with Crippen LogP contribution in [0.25, 0.3) is 22.3 Å². The van der Waals surface area contributed by atoms with Crippen molar-refractivity contribution in [3.05, 3.63) is 72.5 Å². The molecule has 6 heteroatoms. The van der Waals surface area contributed by atoms with Gasteiger partial charge in [-0.3, -0.25) is 14.9 Å². The fourth-order valence-electron chi connectivity index (χ4n) is 3.84. The van der Waals surface area contributed by atoms with Crippen molar-refractivity contribution >= 4 is 10.9 Å². The molecule has 0 spiro atoms. The molecule has 0 saturated carbocycles. The minimum Gasteiger partial charge on any atom is -0.339 e. The molecule has 6 nitrogen and oxygen atoms in total. The Morgan fingerprint density at radius 1 is 1.04 bits per heavy atom. The molecule has 1 atom stereocenters. The molecule has 3 aromatic heterocycles. The molecule has 0 bridgehead atoms. The zero-order valence-electron chi connectivity index (χ0n) is 15.5. The molecule has 0 amide bonds. The number of benzene rings is 1. The number of likely N-dealkylation sites (tertiary alicyclic amines) is 1. The van der Waals surface area contributed by atoms with Crippen molar-refractivity contribution < 1.29 is 4.52 Å². The second kappa shape index (κ2) is 7.48. The Kier molecular flexibility index (Phi) is 4.54. The molecular formula is C22H21N5O. The first-order chi connectivity index (χ1) is 13.8. The van der Waals surface area contributed by atoms with E-state index in [-0.39, 0.29) is 5.92 Å². The Morgan fingerprint density at radius 3 is 2.93 bits per heavy atom. The summed E-state index contributed by atoms with van der Waals surface area (Å²) in [5.41, 5.74) is 3.03. The van der Waals surface area contributed by atoms with Gasteiger partial charge in [0.2, 0.25) is 11.7 Å². The van der Waals surface area contributed by atoms with E-state index in [0.29, 0.717) is 5.82 Å². The topological polar surface area (TPSA) is 67.9 Å². The van der Waals surface area contributed by atoms with Crippen LogP contribution in [-0.2, 0) is 6.54 Å². The lowest BCUT2D eigenvalue weighted by Crippen LogP contribution is -2.34. The van der Waals surface area contributed by atoms with Gasteiger partial charge < -0.3 is 4.52 Å². The summed E-state index contributed by atoms with van der Waals surface area (Å²) < 4.78 is 5.58. The third-order valence-corrected chi connectivity index (χ3v) is 5.26. The molecular weight excluding hydrogens is 350 g/mol. The van der Waals surface area contributed by atoms with Crippen LogP contribution in [0.15, 0.2) is 65.4 Å². The lowest BCUT2D eigenvalue weighted by Gasteiger charge is -2.30. The second-order valence-corrected chi connectivity index (χ2v) is 7.27. The first-order valence-corrected chi connectivity index (χ1v) is 9.66. The van der Waals surface area contributed by atoms with E-state index in [4.69, 9.17) is 9.51 Å². The highest BCUT2D eigenvalue weighted by atomic mass is 16.5. The monoisotopic (exact) mass is 371 g/mol. The number of hydrogen-bond acceptors (Lipinski definition) is 6. The largest absolute Gasteiger partial charge is 0.339 e. The molecule has 1 aliphatic heterocycles. The highest BCUT2D eigenvalue weighted by Crippen LogP contribution is 2.28. The molecule has 140 valence electrons. The van der Waals surface area contributed by atoms with Gasteiger partial charge in [-0.25, -0.2) is 0 Å². The summed E-state index contributed by atoms with van der Waals surface area (Å²) in [6.45, 7) is 2.81. The normalized spacial score (nSPS) is 17.8. The van der Waals surface area contributed by atoms with Crippen LogP contribution in [-0.4, -0.2) is 38.1 Å². The van der Waals surface area contributed by atoms with Crippen LogP contribution in [0, 0.1) is 0 Å². The summed E-state index contributed by atoms with van der Waals surface area (Å²) in [6.07, 6.45) is 5.68. The van der Waals surface area contributed by atoms with Crippen molar-refractivity contribution in [1.82, 2.24) is 25.0 Å². The van der Waals surface area contributed by atoms with Crippen molar-refractivity contribution in [2.24, 2.45) is 0 Å². The van der Waals surface area contributed by atoms with E-state index in [9.17, 15) is 0 Å². The van der Waals surface area contributed by atoms with Crippen LogP contribution in [0.4, 0.5) is 0 Å². The number of piperidine rings is 1. The van der Waals surface area contributed by atoms with E-state index in [2.05, 4.69) is 44.3 Å². The van der Waals surface area contributed by atoms with Gasteiger partial charge >= 0.3 is 0 Å². The number of aromatic nitrogens is 4. The van der Waals surface area contributed by atoms with E-state index >= 15 is 0 Å². The first kappa shape index (κ1) is 17.0. The molecule has 1 aliphatic rings. The third-order valence-electron chi connectivity index (χ3n) is 5.26. The molecule has 1 aromatic carbocycles. The second-order valence-electron chi connectivity index (χ2n) is 7.27. The van der Waals surface area contributed by atoms with Crippen molar-refractivity contribution in [1.29, 1.82) is 0 Å². The Labute approximate surface area is 163 Å². The Bertz CT molecular complexity index is 1080. The van der Waals surface area contributed by atoms with E-state index < -0.39 is 0 Å².